The van der Waals surface area contributed by atoms with Gasteiger partial charge in [-0.3, -0.25) is 0 Å². The van der Waals surface area contributed by atoms with Crippen LogP contribution in [0.1, 0.15) is 0 Å². The predicted octanol–water partition coefficient (Wildman–Crippen LogP) is -21.0. The van der Waals surface area contributed by atoms with Crippen molar-refractivity contribution in [1.82, 2.24) is 0 Å². The molecule has 0 atom stereocenters. The molecule has 8 heteroatoms. The maximum absolute atomic E-state index is 0. The van der Waals surface area contributed by atoms with Gasteiger partial charge in [0.05, 0.1) is 0 Å². The van der Waals surface area contributed by atoms with Crippen LogP contribution in [-0.4, -0.2) is 0 Å². The Morgan fingerprint density at radius 2 is 0.375 bits per heavy atom. The molecule has 40 valence electrons. The largest absolute Gasteiger partial charge is 2.00 e. The van der Waals surface area contributed by atoms with E-state index < -0.39 is 0 Å². The van der Waals surface area contributed by atoms with E-state index in [0.29, 0.717) is 0 Å². The Balaban J connectivity index is 0. The maximum Gasteiger partial charge on any atom is 2.00 e. The Bertz CT molecular complexity index is 11.2. The van der Waals surface area contributed by atoms with Crippen molar-refractivity contribution in [2.75, 3.05) is 0 Å². The fraction of sp³-hybridized carbons (Fsp3) is 0. The second kappa shape index (κ2) is 59.3. The minimum absolute atomic E-state index is 0. The number of hydrogen-bond acceptors (Lipinski definition) is 0. The summed E-state index contributed by atoms with van der Waals surface area (Å²) >= 11 is 0. The van der Waals surface area contributed by atoms with Crippen molar-refractivity contribution in [3.63, 3.8) is 0 Å². The Kier molecular flexibility index (Phi) is 569. The van der Waals surface area contributed by atoms with E-state index in [-0.39, 0.29) is 159 Å². The van der Waals surface area contributed by atoms with Crippen LogP contribution in [0.15, 0.2) is 0 Å². The van der Waals surface area contributed by atoms with Gasteiger partial charge in [0.1, 0.15) is 0 Å². The van der Waals surface area contributed by atoms with Crippen molar-refractivity contribution in [2.45, 2.75) is 0 Å². The molecule has 0 fully saturated rings. The molecule has 0 bridgehead atoms. The van der Waals surface area contributed by atoms with Crippen LogP contribution in [0.25, 0.3) is 0 Å². The Morgan fingerprint density at radius 3 is 0.375 bits per heavy atom. The Labute approximate surface area is 156 Å². The van der Waals surface area contributed by atoms with Gasteiger partial charge >= 0.3 is 110 Å². The van der Waals surface area contributed by atoms with Crippen molar-refractivity contribution in [3.8, 4) is 0 Å². The molecule has 8 heavy (non-hydrogen) atoms. The van der Waals surface area contributed by atoms with Crippen molar-refractivity contribution >= 4 is 0 Å². The predicted molar refractivity (Wildman–Crippen MR) is 0 cm³/mol. The normalized spacial score (nSPS) is 0. The van der Waals surface area contributed by atoms with E-state index in [4.69, 9.17) is 0 Å². The average molecular weight is 406 g/mol. The van der Waals surface area contributed by atoms with Gasteiger partial charge in [0.25, 0.3) is 0 Å². The zero-order valence-corrected chi connectivity index (χ0v) is 16.1. The number of hydrogen-bond donors (Lipinski definition) is 0. The van der Waals surface area contributed by atoms with E-state index >= 15 is 0 Å². The molecular formula is Cl4Na3Pt+. The third kappa shape index (κ3) is 44.8. The molecule has 0 unspecified atom stereocenters. The third-order valence-electron chi connectivity index (χ3n) is 0. The molecule has 0 amide bonds. The summed E-state index contributed by atoms with van der Waals surface area (Å²) < 4.78 is 0. The summed E-state index contributed by atoms with van der Waals surface area (Å²) in [6, 6.07) is 0. The summed E-state index contributed by atoms with van der Waals surface area (Å²) in [4.78, 5) is 0. The molecule has 0 nitrogen and oxygen atoms in total. The van der Waals surface area contributed by atoms with Crippen LogP contribution >= 0.6 is 0 Å². The second-order valence-electron chi connectivity index (χ2n) is 0. The van der Waals surface area contributed by atoms with Crippen LogP contribution in [0.2, 0.25) is 0 Å². The van der Waals surface area contributed by atoms with Gasteiger partial charge in [-0.15, -0.1) is 0 Å². The van der Waals surface area contributed by atoms with Gasteiger partial charge in [0.2, 0.25) is 0 Å². The molecule has 0 aromatic carbocycles. The first-order valence-electron chi connectivity index (χ1n) is 0. The average Bonchev–Trinajstić information content (AvgIpc) is 0. The Hall–Kier alpha value is 4.85. The first-order valence-corrected chi connectivity index (χ1v) is 0. The van der Waals surface area contributed by atoms with Gasteiger partial charge in [-0.05, 0) is 0 Å². The number of halogens is 4. The molecule has 0 rings (SSSR count). The summed E-state index contributed by atoms with van der Waals surface area (Å²) in [6.07, 6.45) is 0. The van der Waals surface area contributed by atoms with Gasteiger partial charge in [0.15, 0.2) is 0 Å². The van der Waals surface area contributed by atoms with Crippen molar-refractivity contribution in [1.29, 1.82) is 0 Å². The van der Waals surface area contributed by atoms with Crippen molar-refractivity contribution in [2.24, 2.45) is 0 Å². The van der Waals surface area contributed by atoms with Gasteiger partial charge in [-0.2, -0.15) is 0 Å². The zero-order chi connectivity index (χ0) is 0. The van der Waals surface area contributed by atoms with Crippen LogP contribution in [0.4, 0.5) is 0 Å². The Morgan fingerprint density at radius 1 is 0.375 bits per heavy atom. The molecule has 0 aromatic heterocycles. The molecule has 0 aliphatic carbocycles. The summed E-state index contributed by atoms with van der Waals surface area (Å²) in [6.45, 7) is 0. The molecule has 0 aromatic rings. The van der Waals surface area contributed by atoms with E-state index in [1.165, 1.54) is 0 Å². The molecule has 0 aliphatic rings. The second-order valence-corrected chi connectivity index (χ2v) is 0. The fourth-order valence-electron chi connectivity index (χ4n) is 0. The van der Waals surface area contributed by atoms with Gasteiger partial charge in [0, 0.05) is 0 Å². The van der Waals surface area contributed by atoms with E-state index in [0.717, 1.165) is 0 Å². The van der Waals surface area contributed by atoms with Gasteiger partial charge < -0.3 is 49.6 Å². The maximum atomic E-state index is 0. The van der Waals surface area contributed by atoms with Crippen molar-refractivity contribution in [3.05, 3.63) is 0 Å². The molecule has 0 saturated heterocycles. The quantitative estimate of drug-likeness (QED) is 0.351. The smallest absolute Gasteiger partial charge is 1.00 e. The zero-order valence-electron chi connectivity index (χ0n) is 4.83. The van der Waals surface area contributed by atoms with Gasteiger partial charge in [-0.1, -0.05) is 0 Å². The van der Waals surface area contributed by atoms with Crippen LogP contribution in [0.3, 0.4) is 0 Å². The molecule has 0 saturated carbocycles. The van der Waals surface area contributed by atoms with E-state index in [9.17, 15) is 0 Å². The molecular weight excluding hydrogens is 406 g/mol. The fourth-order valence-corrected chi connectivity index (χ4v) is 0. The summed E-state index contributed by atoms with van der Waals surface area (Å²) in [5.74, 6) is 0. The molecule has 0 N–H and O–H groups in total. The summed E-state index contributed by atoms with van der Waals surface area (Å²) in [5.41, 5.74) is 0. The minimum Gasteiger partial charge on any atom is -1.00 e. The van der Waals surface area contributed by atoms with E-state index in [1.807, 2.05) is 0 Å². The first kappa shape index (κ1) is 76.7. The molecule has 0 spiro atoms. The topological polar surface area (TPSA) is 0 Å². The van der Waals surface area contributed by atoms with Crippen LogP contribution in [0, 0.1) is 0 Å². The molecule has 0 aliphatic heterocycles. The number of rotatable bonds is 0. The SMILES string of the molecule is [Cl-].[Cl-].[Cl-].[Cl-].[Na+].[Na+].[Na+].[Pt+2]. The monoisotopic (exact) mass is 404 g/mol. The summed E-state index contributed by atoms with van der Waals surface area (Å²) in [7, 11) is 0. The summed E-state index contributed by atoms with van der Waals surface area (Å²) in [5, 5.41) is 0. The van der Waals surface area contributed by atoms with Gasteiger partial charge in [-0.25, -0.2) is 0 Å². The van der Waals surface area contributed by atoms with Crippen LogP contribution < -0.4 is 138 Å². The standard InChI is InChI=1S/4ClH.3Na.Pt/h4*1H;;;;/q;;;;3*+1;+2/p-4. The van der Waals surface area contributed by atoms with E-state index in [1.54, 1.807) is 0 Å². The van der Waals surface area contributed by atoms with Crippen LogP contribution in [-0.2, 0) is 21.1 Å². The third-order valence-corrected chi connectivity index (χ3v) is 0. The molecule has 0 heterocycles. The van der Waals surface area contributed by atoms with Crippen molar-refractivity contribution < 1.29 is 159 Å². The first-order chi connectivity index (χ1) is 0. The van der Waals surface area contributed by atoms with E-state index in [2.05, 4.69) is 0 Å². The van der Waals surface area contributed by atoms with Crippen LogP contribution in [0.5, 0.6) is 0 Å². The minimum atomic E-state index is 0. The molecule has 0 radical (unpaired) electrons.